The van der Waals surface area contributed by atoms with Gasteiger partial charge in [-0.3, -0.25) is 0 Å². The Morgan fingerprint density at radius 2 is 1.77 bits per heavy atom. The summed E-state index contributed by atoms with van der Waals surface area (Å²) >= 11 is 1.65. The Morgan fingerprint density at radius 3 is 2.50 bits per heavy atom. The fourth-order valence-corrected chi connectivity index (χ4v) is 3.19. The van der Waals surface area contributed by atoms with Crippen LogP contribution in [0.2, 0.25) is 0 Å². The van der Waals surface area contributed by atoms with Crippen LogP contribution in [-0.2, 0) is 12.8 Å². The van der Waals surface area contributed by atoms with Crippen LogP contribution >= 0.6 is 11.8 Å². The standard InChI is InChI=1S/C17H16FN3S/c1-12-5-3-4-6-14(12)11-22-17-20-19-16(21(17)2)13-7-9-15(18)10-8-13/h3-10H,11H2,1-2H3. The van der Waals surface area contributed by atoms with E-state index in [0.29, 0.717) is 0 Å². The number of halogens is 1. The molecule has 0 saturated heterocycles. The quantitative estimate of drug-likeness (QED) is 0.676. The number of hydrogen-bond acceptors (Lipinski definition) is 3. The predicted molar refractivity (Wildman–Crippen MR) is 87.1 cm³/mol. The van der Waals surface area contributed by atoms with Gasteiger partial charge in [-0.1, -0.05) is 36.0 Å². The minimum atomic E-state index is -0.250. The Morgan fingerprint density at radius 1 is 1.05 bits per heavy atom. The van der Waals surface area contributed by atoms with Gasteiger partial charge in [0.25, 0.3) is 0 Å². The van der Waals surface area contributed by atoms with Crippen LogP contribution in [0.4, 0.5) is 4.39 Å². The van der Waals surface area contributed by atoms with E-state index in [9.17, 15) is 4.39 Å². The SMILES string of the molecule is Cc1ccccc1CSc1nnc(-c2ccc(F)cc2)n1C. The summed E-state index contributed by atoms with van der Waals surface area (Å²) in [4.78, 5) is 0. The van der Waals surface area contributed by atoms with Crippen LogP contribution in [0.1, 0.15) is 11.1 Å². The zero-order valence-electron chi connectivity index (χ0n) is 12.5. The lowest BCUT2D eigenvalue weighted by atomic mass is 10.1. The minimum Gasteiger partial charge on any atom is -0.305 e. The summed E-state index contributed by atoms with van der Waals surface area (Å²) < 4.78 is 14.9. The van der Waals surface area contributed by atoms with E-state index in [4.69, 9.17) is 0 Å². The van der Waals surface area contributed by atoms with Gasteiger partial charge in [-0.2, -0.15) is 0 Å². The van der Waals surface area contributed by atoms with Crippen molar-refractivity contribution in [1.29, 1.82) is 0 Å². The maximum Gasteiger partial charge on any atom is 0.191 e. The Bertz CT molecular complexity index is 781. The van der Waals surface area contributed by atoms with Crippen LogP contribution in [0, 0.1) is 12.7 Å². The van der Waals surface area contributed by atoms with E-state index in [0.717, 1.165) is 22.3 Å². The van der Waals surface area contributed by atoms with Gasteiger partial charge in [-0.05, 0) is 42.3 Å². The molecule has 3 aromatic rings. The number of nitrogens with zero attached hydrogens (tertiary/aromatic N) is 3. The number of hydrogen-bond donors (Lipinski definition) is 0. The van der Waals surface area contributed by atoms with Gasteiger partial charge in [0, 0.05) is 18.4 Å². The van der Waals surface area contributed by atoms with Crippen molar-refractivity contribution in [2.45, 2.75) is 17.8 Å². The molecule has 0 atom stereocenters. The smallest absolute Gasteiger partial charge is 0.191 e. The van der Waals surface area contributed by atoms with Gasteiger partial charge >= 0.3 is 0 Å². The largest absolute Gasteiger partial charge is 0.305 e. The lowest BCUT2D eigenvalue weighted by Crippen LogP contribution is -1.95. The first-order chi connectivity index (χ1) is 10.6. The van der Waals surface area contributed by atoms with Gasteiger partial charge in [0.1, 0.15) is 5.82 Å². The molecule has 0 radical (unpaired) electrons. The van der Waals surface area contributed by atoms with E-state index < -0.39 is 0 Å². The fourth-order valence-electron chi connectivity index (χ4n) is 2.21. The van der Waals surface area contributed by atoms with Gasteiger partial charge in [0.15, 0.2) is 11.0 Å². The lowest BCUT2D eigenvalue weighted by Gasteiger charge is -2.06. The van der Waals surface area contributed by atoms with Gasteiger partial charge in [-0.25, -0.2) is 4.39 Å². The van der Waals surface area contributed by atoms with Crippen molar-refractivity contribution in [2.75, 3.05) is 0 Å². The minimum absolute atomic E-state index is 0.250. The van der Waals surface area contributed by atoms with Crippen LogP contribution in [0.15, 0.2) is 53.7 Å². The van der Waals surface area contributed by atoms with Crippen LogP contribution in [-0.4, -0.2) is 14.8 Å². The predicted octanol–water partition coefficient (Wildman–Crippen LogP) is 4.22. The second-order valence-electron chi connectivity index (χ2n) is 5.09. The Kier molecular flexibility index (Phi) is 4.24. The molecule has 0 fully saturated rings. The molecule has 5 heteroatoms. The summed E-state index contributed by atoms with van der Waals surface area (Å²) in [5.41, 5.74) is 3.42. The van der Waals surface area contributed by atoms with Crippen LogP contribution in [0.5, 0.6) is 0 Å². The average Bonchev–Trinajstić information content (AvgIpc) is 2.88. The Labute approximate surface area is 133 Å². The summed E-state index contributed by atoms with van der Waals surface area (Å²) in [6.07, 6.45) is 0. The van der Waals surface area contributed by atoms with Crippen molar-refractivity contribution >= 4 is 11.8 Å². The summed E-state index contributed by atoms with van der Waals surface area (Å²) in [6.45, 7) is 2.11. The summed E-state index contributed by atoms with van der Waals surface area (Å²) in [5.74, 6) is 1.34. The Hall–Kier alpha value is -2.14. The maximum atomic E-state index is 13.0. The van der Waals surface area contributed by atoms with Crippen molar-refractivity contribution in [3.8, 4) is 11.4 Å². The molecule has 2 aromatic carbocycles. The second-order valence-corrected chi connectivity index (χ2v) is 6.03. The summed E-state index contributed by atoms with van der Waals surface area (Å²) in [5, 5.41) is 9.31. The van der Waals surface area contributed by atoms with Gasteiger partial charge in [-0.15, -0.1) is 10.2 Å². The molecule has 3 nitrogen and oxygen atoms in total. The third-order valence-electron chi connectivity index (χ3n) is 3.56. The molecule has 112 valence electrons. The molecule has 0 aliphatic heterocycles. The van der Waals surface area contributed by atoms with Gasteiger partial charge < -0.3 is 4.57 Å². The molecule has 3 rings (SSSR count). The molecule has 22 heavy (non-hydrogen) atoms. The first-order valence-corrected chi connectivity index (χ1v) is 7.96. The van der Waals surface area contributed by atoms with Gasteiger partial charge in [0.2, 0.25) is 0 Å². The van der Waals surface area contributed by atoms with Crippen LogP contribution in [0.25, 0.3) is 11.4 Å². The molecule has 0 saturated carbocycles. The number of benzene rings is 2. The molecule has 0 spiro atoms. The molecule has 0 aliphatic rings. The van der Waals surface area contributed by atoms with E-state index in [1.807, 2.05) is 23.7 Å². The number of thioether (sulfide) groups is 1. The average molecular weight is 313 g/mol. The Balaban J connectivity index is 1.79. The van der Waals surface area contributed by atoms with Crippen LogP contribution < -0.4 is 0 Å². The van der Waals surface area contributed by atoms with Crippen molar-refractivity contribution in [2.24, 2.45) is 7.05 Å². The van der Waals surface area contributed by atoms with Crippen molar-refractivity contribution in [3.63, 3.8) is 0 Å². The summed E-state index contributed by atoms with van der Waals surface area (Å²) in [6, 6.07) is 14.6. The van der Waals surface area contributed by atoms with Crippen molar-refractivity contribution in [3.05, 3.63) is 65.5 Å². The summed E-state index contributed by atoms with van der Waals surface area (Å²) in [7, 11) is 1.93. The molecular weight excluding hydrogens is 297 g/mol. The molecule has 0 unspecified atom stereocenters. The van der Waals surface area contributed by atoms with E-state index >= 15 is 0 Å². The van der Waals surface area contributed by atoms with Crippen molar-refractivity contribution < 1.29 is 4.39 Å². The zero-order chi connectivity index (χ0) is 15.5. The van der Waals surface area contributed by atoms with E-state index in [2.05, 4.69) is 29.3 Å². The van der Waals surface area contributed by atoms with E-state index in [-0.39, 0.29) is 5.82 Å². The molecule has 0 N–H and O–H groups in total. The normalized spacial score (nSPS) is 10.9. The fraction of sp³-hybridized carbons (Fsp3) is 0.176. The second kappa shape index (κ2) is 6.32. The highest BCUT2D eigenvalue weighted by Gasteiger charge is 2.11. The highest BCUT2D eigenvalue weighted by molar-refractivity contribution is 7.98. The molecule has 0 bridgehead atoms. The number of aryl methyl sites for hydroxylation is 1. The third-order valence-corrected chi connectivity index (χ3v) is 4.62. The monoisotopic (exact) mass is 313 g/mol. The van der Waals surface area contributed by atoms with Crippen molar-refractivity contribution in [1.82, 2.24) is 14.8 Å². The molecule has 0 amide bonds. The molecule has 1 heterocycles. The molecule has 1 aromatic heterocycles. The first-order valence-electron chi connectivity index (χ1n) is 6.98. The topological polar surface area (TPSA) is 30.7 Å². The highest BCUT2D eigenvalue weighted by Crippen LogP contribution is 2.26. The van der Waals surface area contributed by atoms with E-state index in [1.54, 1.807) is 23.9 Å². The molecular formula is C17H16FN3S. The van der Waals surface area contributed by atoms with Gasteiger partial charge in [0.05, 0.1) is 0 Å². The first kappa shape index (κ1) is 14.8. The number of rotatable bonds is 4. The van der Waals surface area contributed by atoms with Crippen LogP contribution in [0.3, 0.4) is 0 Å². The van der Waals surface area contributed by atoms with E-state index in [1.165, 1.54) is 23.3 Å². The number of aromatic nitrogens is 3. The third kappa shape index (κ3) is 3.04. The maximum absolute atomic E-state index is 13.0. The highest BCUT2D eigenvalue weighted by atomic mass is 32.2. The zero-order valence-corrected chi connectivity index (χ0v) is 13.3. The molecule has 0 aliphatic carbocycles. The lowest BCUT2D eigenvalue weighted by molar-refractivity contribution is 0.628.